The van der Waals surface area contributed by atoms with Crippen molar-refractivity contribution in [3.8, 4) is 0 Å². The molecule has 1 aromatic carbocycles. The third kappa shape index (κ3) is 4.48. The molecule has 0 aliphatic carbocycles. The summed E-state index contributed by atoms with van der Waals surface area (Å²) in [4.78, 5) is 12.6. The van der Waals surface area contributed by atoms with Crippen LogP contribution in [0.5, 0.6) is 0 Å². The van der Waals surface area contributed by atoms with E-state index >= 15 is 0 Å². The van der Waals surface area contributed by atoms with Crippen molar-refractivity contribution >= 4 is 16.0 Å². The zero-order chi connectivity index (χ0) is 16.2. The van der Waals surface area contributed by atoms with Crippen molar-refractivity contribution in [1.82, 2.24) is 9.62 Å². The van der Waals surface area contributed by atoms with Gasteiger partial charge in [-0.3, -0.25) is 0 Å². The van der Waals surface area contributed by atoms with Gasteiger partial charge in [0.15, 0.2) is 0 Å². The second-order valence-corrected chi connectivity index (χ2v) is 6.47. The third-order valence-electron chi connectivity index (χ3n) is 3.09. The summed E-state index contributed by atoms with van der Waals surface area (Å²) in [6, 6.07) is 1.95. The zero-order valence-corrected chi connectivity index (χ0v) is 13.0. The number of aromatic carboxylic acids is 1. The maximum atomic E-state index is 13.6. The Morgan fingerprint density at radius 1 is 1.43 bits per heavy atom. The first-order valence-electron chi connectivity index (χ1n) is 6.40. The lowest BCUT2D eigenvalue weighted by atomic mass is 10.1. The number of carboxylic acid groups (broad SMARTS) is 1. The molecule has 0 heterocycles. The number of nitrogens with one attached hydrogen (secondary N) is 1. The van der Waals surface area contributed by atoms with Gasteiger partial charge in [-0.1, -0.05) is 6.92 Å². The average Bonchev–Trinajstić information content (AvgIpc) is 2.40. The summed E-state index contributed by atoms with van der Waals surface area (Å²) < 4.78 is 40.2. The third-order valence-corrected chi connectivity index (χ3v) is 4.53. The summed E-state index contributed by atoms with van der Waals surface area (Å²) in [5, 5.41) is 8.90. The minimum absolute atomic E-state index is 0.0269. The summed E-state index contributed by atoms with van der Waals surface area (Å²) in [5.74, 6) is -2.43. The molecular weight excluding hydrogens is 299 g/mol. The zero-order valence-electron chi connectivity index (χ0n) is 12.2. The van der Waals surface area contributed by atoms with Crippen LogP contribution in [0, 0.1) is 12.7 Å². The van der Waals surface area contributed by atoms with Crippen LogP contribution in [0.25, 0.3) is 0 Å². The fourth-order valence-electron chi connectivity index (χ4n) is 1.66. The Bertz CT molecular complexity index is 631. The highest BCUT2D eigenvalue weighted by Crippen LogP contribution is 2.19. The summed E-state index contributed by atoms with van der Waals surface area (Å²) >= 11 is 0. The topological polar surface area (TPSA) is 86.7 Å². The maximum Gasteiger partial charge on any atom is 0.338 e. The number of hydrogen-bond donors (Lipinski definition) is 2. The van der Waals surface area contributed by atoms with Gasteiger partial charge in [0.1, 0.15) is 5.82 Å². The van der Waals surface area contributed by atoms with E-state index in [1.165, 1.54) is 6.92 Å². The van der Waals surface area contributed by atoms with Gasteiger partial charge in [0.05, 0.1) is 10.5 Å². The second kappa shape index (κ2) is 6.97. The van der Waals surface area contributed by atoms with E-state index in [1.807, 2.05) is 18.9 Å². The molecule has 0 radical (unpaired) electrons. The summed E-state index contributed by atoms with van der Waals surface area (Å²) in [6.07, 6.45) is 0. The fraction of sp³-hybridized carbons (Fsp3) is 0.462. The van der Waals surface area contributed by atoms with Gasteiger partial charge in [0, 0.05) is 13.1 Å². The lowest BCUT2D eigenvalue weighted by Gasteiger charge is -2.14. The van der Waals surface area contributed by atoms with Gasteiger partial charge in [-0.25, -0.2) is 22.3 Å². The smallest absolute Gasteiger partial charge is 0.338 e. The first-order valence-corrected chi connectivity index (χ1v) is 7.89. The van der Waals surface area contributed by atoms with Gasteiger partial charge in [-0.05, 0) is 38.2 Å². The molecule has 0 atom stereocenters. The van der Waals surface area contributed by atoms with Gasteiger partial charge in [-0.15, -0.1) is 0 Å². The Hall–Kier alpha value is -1.51. The van der Waals surface area contributed by atoms with E-state index in [-0.39, 0.29) is 17.0 Å². The van der Waals surface area contributed by atoms with Gasteiger partial charge < -0.3 is 10.0 Å². The van der Waals surface area contributed by atoms with Gasteiger partial charge in [-0.2, -0.15) is 0 Å². The Kier molecular flexibility index (Phi) is 5.82. The molecule has 0 aliphatic heterocycles. The molecule has 118 valence electrons. The fourth-order valence-corrected chi connectivity index (χ4v) is 2.79. The molecule has 0 aromatic heterocycles. The van der Waals surface area contributed by atoms with Crippen molar-refractivity contribution in [2.45, 2.75) is 18.7 Å². The van der Waals surface area contributed by atoms with Gasteiger partial charge in [0.25, 0.3) is 0 Å². The molecule has 0 bridgehead atoms. The van der Waals surface area contributed by atoms with E-state index < -0.39 is 27.4 Å². The SMILES string of the molecule is CCN(C)CCNS(=O)(=O)c1cc(C)c(F)c(C(=O)O)c1. The Morgan fingerprint density at radius 2 is 2.05 bits per heavy atom. The number of nitrogens with zero attached hydrogens (tertiary/aromatic N) is 1. The van der Waals surface area contributed by atoms with Crippen LogP contribution >= 0.6 is 0 Å². The number of carboxylic acids is 1. The minimum Gasteiger partial charge on any atom is -0.478 e. The van der Waals surface area contributed by atoms with Crippen LogP contribution in [-0.2, 0) is 10.0 Å². The summed E-state index contributed by atoms with van der Waals surface area (Å²) in [7, 11) is -2.02. The second-order valence-electron chi connectivity index (χ2n) is 4.70. The quantitative estimate of drug-likeness (QED) is 0.785. The lowest BCUT2D eigenvalue weighted by Crippen LogP contribution is -2.33. The number of carbonyl (C=O) groups is 1. The normalized spacial score (nSPS) is 11.9. The first kappa shape index (κ1) is 17.5. The molecule has 0 fully saturated rings. The molecule has 1 aromatic rings. The van der Waals surface area contributed by atoms with Crippen molar-refractivity contribution in [2.24, 2.45) is 0 Å². The van der Waals surface area contributed by atoms with Crippen LogP contribution in [0.15, 0.2) is 17.0 Å². The van der Waals surface area contributed by atoms with Crippen LogP contribution in [0.1, 0.15) is 22.8 Å². The van der Waals surface area contributed by atoms with Crippen molar-refractivity contribution in [3.05, 3.63) is 29.1 Å². The maximum absolute atomic E-state index is 13.6. The standard InChI is InChI=1S/C13H19FN2O4S/c1-4-16(3)6-5-15-21(19,20)10-7-9(2)12(14)11(8-10)13(17)18/h7-8,15H,4-6H2,1-3H3,(H,17,18). The summed E-state index contributed by atoms with van der Waals surface area (Å²) in [6.45, 7) is 4.75. The highest BCUT2D eigenvalue weighted by atomic mass is 32.2. The molecular formula is C13H19FN2O4S. The molecule has 6 nitrogen and oxygen atoms in total. The van der Waals surface area contributed by atoms with E-state index in [0.717, 1.165) is 18.7 Å². The molecule has 0 spiro atoms. The highest BCUT2D eigenvalue weighted by molar-refractivity contribution is 7.89. The number of sulfonamides is 1. The van der Waals surface area contributed by atoms with E-state index in [1.54, 1.807) is 0 Å². The number of benzene rings is 1. The largest absolute Gasteiger partial charge is 0.478 e. The molecule has 0 saturated carbocycles. The van der Waals surface area contributed by atoms with Crippen LogP contribution in [0.4, 0.5) is 4.39 Å². The number of halogens is 1. The van der Waals surface area contributed by atoms with E-state index in [9.17, 15) is 17.6 Å². The number of rotatable bonds is 7. The molecule has 2 N–H and O–H groups in total. The van der Waals surface area contributed by atoms with Crippen LogP contribution < -0.4 is 4.72 Å². The Balaban J connectivity index is 3.01. The predicted octanol–water partition coefficient (Wildman–Crippen LogP) is 1.06. The average molecular weight is 318 g/mol. The molecule has 0 amide bonds. The van der Waals surface area contributed by atoms with Gasteiger partial charge in [0.2, 0.25) is 10.0 Å². The van der Waals surface area contributed by atoms with E-state index in [0.29, 0.717) is 6.54 Å². The van der Waals surface area contributed by atoms with E-state index in [2.05, 4.69) is 4.72 Å². The van der Waals surface area contributed by atoms with Crippen LogP contribution in [0.3, 0.4) is 0 Å². The summed E-state index contributed by atoms with van der Waals surface area (Å²) in [5.41, 5.74) is -0.679. The molecule has 8 heteroatoms. The Labute approximate surface area is 123 Å². The number of likely N-dealkylation sites (N-methyl/N-ethyl adjacent to an activating group) is 1. The molecule has 1 rings (SSSR count). The van der Waals surface area contributed by atoms with E-state index in [4.69, 9.17) is 5.11 Å². The van der Waals surface area contributed by atoms with Crippen molar-refractivity contribution in [3.63, 3.8) is 0 Å². The van der Waals surface area contributed by atoms with Crippen LogP contribution in [0.2, 0.25) is 0 Å². The van der Waals surface area contributed by atoms with Crippen molar-refractivity contribution < 1.29 is 22.7 Å². The van der Waals surface area contributed by atoms with Gasteiger partial charge >= 0.3 is 5.97 Å². The monoisotopic (exact) mass is 318 g/mol. The molecule has 0 saturated heterocycles. The molecule has 0 aliphatic rings. The molecule has 0 unspecified atom stereocenters. The lowest BCUT2D eigenvalue weighted by molar-refractivity contribution is 0.0691. The van der Waals surface area contributed by atoms with Crippen molar-refractivity contribution in [1.29, 1.82) is 0 Å². The molecule has 21 heavy (non-hydrogen) atoms. The highest BCUT2D eigenvalue weighted by Gasteiger charge is 2.21. The first-order chi connectivity index (χ1) is 9.69. The minimum atomic E-state index is -3.87. The number of aryl methyl sites for hydroxylation is 1. The number of hydrogen-bond acceptors (Lipinski definition) is 4. The Morgan fingerprint density at radius 3 is 2.57 bits per heavy atom. The van der Waals surface area contributed by atoms with Crippen LogP contribution in [-0.4, -0.2) is 51.1 Å². The predicted molar refractivity (Wildman–Crippen MR) is 76.5 cm³/mol. The van der Waals surface area contributed by atoms with Crippen molar-refractivity contribution in [2.75, 3.05) is 26.7 Å².